The molecule has 8 nitrogen and oxygen atoms in total. The SMILES string of the molecule is C[C@@H](OC(=O)CCCNc1ccccc1[N+](=O)[O-])C(=O)NC12CC3CC(CC(C3)C1)C2. The predicted molar refractivity (Wildman–Crippen MR) is 115 cm³/mol. The number of ether oxygens (including phenoxy) is 1. The van der Waals surface area contributed by atoms with Crippen molar-refractivity contribution < 1.29 is 19.2 Å². The number of benzene rings is 1. The summed E-state index contributed by atoms with van der Waals surface area (Å²) in [7, 11) is 0. The molecule has 0 aromatic heterocycles. The van der Waals surface area contributed by atoms with Gasteiger partial charge in [-0.25, -0.2) is 0 Å². The summed E-state index contributed by atoms with van der Waals surface area (Å²) in [6, 6.07) is 6.39. The molecule has 1 aromatic rings. The number of nitro groups is 1. The highest BCUT2D eigenvalue weighted by Gasteiger charge is 2.51. The fourth-order valence-electron chi connectivity index (χ4n) is 6.17. The van der Waals surface area contributed by atoms with E-state index in [0.717, 1.165) is 37.0 Å². The van der Waals surface area contributed by atoms with Crippen LogP contribution < -0.4 is 10.6 Å². The molecule has 0 saturated heterocycles. The zero-order valence-corrected chi connectivity index (χ0v) is 18.0. The Morgan fingerprint density at radius 2 is 1.77 bits per heavy atom. The Bertz CT molecular complexity index is 820. The third-order valence-corrected chi connectivity index (χ3v) is 7.08. The highest BCUT2D eigenvalue weighted by atomic mass is 16.6. The summed E-state index contributed by atoms with van der Waals surface area (Å²) in [6.45, 7) is 2.02. The van der Waals surface area contributed by atoms with Gasteiger partial charge in [0.25, 0.3) is 11.6 Å². The number of rotatable bonds is 9. The van der Waals surface area contributed by atoms with E-state index in [9.17, 15) is 19.7 Å². The van der Waals surface area contributed by atoms with Crippen LogP contribution in [0.4, 0.5) is 11.4 Å². The zero-order valence-electron chi connectivity index (χ0n) is 18.0. The van der Waals surface area contributed by atoms with E-state index in [4.69, 9.17) is 4.74 Å². The van der Waals surface area contributed by atoms with Crippen molar-refractivity contribution in [2.45, 2.75) is 69.9 Å². The number of nitro benzene ring substituents is 1. The highest BCUT2D eigenvalue weighted by Crippen LogP contribution is 2.55. The Morgan fingerprint density at radius 1 is 1.16 bits per heavy atom. The van der Waals surface area contributed by atoms with E-state index in [1.807, 2.05) is 0 Å². The van der Waals surface area contributed by atoms with Gasteiger partial charge in [-0.05, 0) is 75.7 Å². The van der Waals surface area contributed by atoms with E-state index in [2.05, 4.69) is 10.6 Å². The van der Waals surface area contributed by atoms with Crippen molar-refractivity contribution in [3.63, 3.8) is 0 Å². The normalized spacial score (nSPS) is 29.3. The number of hydrogen-bond donors (Lipinski definition) is 2. The third kappa shape index (κ3) is 4.99. The molecule has 0 heterocycles. The molecule has 1 aromatic carbocycles. The Balaban J connectivity index is 1.19. The van der Waals surface area contributed by atoms with Crippen molar-refractivity contribution in [1.82, 2.24) is 5.32 Å². The number of nitrogens with one attached hydrogen (secondary N) is 2. The lowest BCUT2D eigenvalue weighted by Crippen LogP contribution is -2.61. The number of esters is 1. The van der Waals surface area contributed by atoms with Gasteiger partial charge in [0.05, 0.1) is 4.92 Å². The average Bonchev–Trinajstić information content (AvgIpc) is 2.70. The van der Waals surface area contributed by atoms with Crippen LogP contribution in [0.5, 0.6) is 0 Å². The van der Waals surface area contributed by atoms with Crippen LogP contribution in [0.15, 0.2) is 24.3 Å². The number of hydrogen-bond acceptors (Lipinski definition) is 6. The summed E-state index contributed by atoms with van der Waals surface area (Å²) in [5.41, 5.74) is 0.324. The summed E-state index contributed by atoms with van der Waals surface area (Å²) >= 11 is 0. The van der Waals surface area contributed by atoms with Crippen LogP contribution >= 0.6 is 0 Å². The molecule has 31 heavy (non-hydrogen) atoms. The molecule has 4 bridgehead atoms. The van der Waals surface area contributed by atoms with Crippen molar-refractivity contribution in [2.24, 2.45) is 17.8 Å². The first-order valence-electron chi connectivity index (χ1n) is 11.3. The van der Waals surface area contributed by atoms with Gasteiger partial charge in [0.15, 0.2) is 6.10 Å². The lowest BCUT2D eigenvalue weighted by Gasteiger charge is -2.57. The summed E-state index contributed by atoms with van der Waals surface area (Å²) in [5, 5.41) is 17.3. The van der Waals surface area contributed by atoms with E-state index in [1.54, 1.807) is 25.1 Å². The van der Waals surface area contributed by atoms with Crippen LogP contribution in [0.1, 0.15) is 58.3 Å². The molecule has 0 spiro atoms. The number of para-hydroxylation sites is 2. The number of carbonyl (C=O) groups is 2. The van der Waals surface area contributed by atoms with Gasteiger partial charge in [0, 0.05) is 24.6 Å². The average molecular weight is 430 g/mol. The molecule has 0 unspecified atom stereocenters. The van der Waals surface area contributed by atoms with Crippen LogP contribution in [-0.2, 0) is 14.3 Å². The number of amides is 1. The monoisotopic (exact) mass is 429 g/mol. The van der Waals surface area contributed by atoms with E-state index < -0.39 is 17.0 Å². The van der Waals surface area contributed by atoms with Crippen molar-refractivity contribution in [1.29, 1.82) is 0 Å². The maximum atomic E-state index is 12.7. The molecule has 1 atom stereocenters. The highest BCUT2D eigenvalue weighted by molar-refractivity contribution is 5.84. The topological polar surface area (TPSA) is 111 Å². The molecule has 0 aliphatic heterocycles. The Kier molecular flexibility index (Phi) is 6.16. The quantitative estimate of drug-likeness (QED) is 0.267. The predicted octanol–water partition coefficient (Wildman–Crippen LogP) is 3.80. The molecule has 4 aliphatic rings. The molecule has 2 N–H and O–H groups in total. The molecule has 8 heteroatoms. The van der Waals surface area contributed by atoms with Crippen molar-refractivity contribution >= 4 is 23.3 Å². The van der Waals surface area contributed by atoms with E-state index in [1.165, 1.54) is 25.3 Å². The van der Waals surface area contributed by atoms with Crippen molar-refractivity contribution in [3.05, 3.63) is 34.4 Å². The second kappa shape index (κ2) is 8.85. The van der Waals surface area contributed by atoms with Gasteiger partial charge >= 0.3 is 5.97 Å². The number of carbonyl (C=O) groups excluding carboxylic acids is 2. The zero-order chi connectivity index (χ0) is 22.0. The van der Waals surface area contributed by atoms with Crippen molar-refractivity contribution in [2.75, 3.05) is 11.9 Å². The third-order valence-electron chi connectivity index (χ3n) is 7.08. The molecule has 4 aliphatic carbocycles. The van der Waals surface area contributed by atoms with Crippen LogP contribution in [0.2, 0.25) is 0 Å². The Hall–Kier alpha value is -2.64. The maximum absolute atomic E-state index is 12.7. The lowest BCUT2D eigenvalue weighted by molar-refractivity contribution is -0.384. The van der Waals surface area contributed by atoms with E-state index >= 15 is 0 Å². The molecule has 1 amide bonds. The second-order valence-electron chi connectivity index (χ2n) is 9.62. The first-order valence-corrected chi connectivity index (χ1v) is 11.3. The minimum Gasteiger partial charge on any atom is -0.453 e. The Morgan fingerprint density at radius 3 is 2.39 bits per heavy atom. The molecular formula is C23H31N3O5. The number of nitrogens with zero attached hydrogens (tertiary/aromatic N) is 1. The molecule has 4 saturated carbocycles. The van der Waals surface area contributed by atoms with Crippen LogP contribution in [0.3, 0.4) is 0 Å². The lowest BCUT2D eigenvalue weighted by atomic mass is 9.53. The van der Waals surface area contributed by atoms with Gasteiger partial charge in [-0.3, -0.25) is 19.7 Å². The van der Waals surface area contributed by atoms with Gasteiger partial charge in [0.1, 0.15) is 5.69 Å². The summed E-state index contributed by atoms with van der Waals surface area (Å²) in [5.74, 6) is 1.57. The first-order chi connectivity index (χ1) is 14.8. The fourth-order valence-corrected chi connectivity index (χ4v) is 6.17. The molecule has 168 valence electrons. The summed E-state index contributed by atoms with van der Waals surface area (Å²) in [4.78, 5) is 35.5. The van der Waals surface area contributed by atoms with Crippen molar-refractivity contribution in [3.8, 4) is 0 Å². The molecular weight excluding hydrogens is 398 g/mol. The Labute approximate surface area is 182 Å². The van der Waals surface area contributed by atoms with Crippen LogP contribution in [0, 0.1) is 27.9 Å². The minimum absolute atomic E-state index is 0.0000427. The van der Waals surface area contributed by atoms with E-state index in [0.29, 0.717) is 18.7 Å². The fraction of sp³-hybridized carbons (Fsp3) is 0.652. The molecule has 5 rings (SSSR count). The number of anilines is 1. The van der Waals surface area contributed by atoms with Crippen LogP contribution in [0.25, 0.3) is 0 Å². The maximum Gasteiger partial charge on any atom is 0.306 e. The van der Waals surface area contributed by atoms with Gasteiger partial charge in [-0.1, -0.05) is 12.1 Å². The molecule has 4 fully saturated rings. The minimum atomic E-state index is -0.816. The van der Waals surface area contributed by atoms with Crippen LogP contribution in [-0.4, -0.2) is 35.0 Å². The second-order valence-corrected chi connectivity index (χ2v) is 9.62. The van der Waals surface area contributed by atoms with E-state index in [-0.39, 0.29) is 23.6 Å². The standard InChI is InChI=1S/C23H31N3O5/c1-15(22(28)25-23-12-16-9-17(13-23)11-18(10-16)14-23)31-21(27)7-4-8-24-19-5-2-3-6-20(19)26(29)30/h2-3,5-6,15-18,24H,4,7-14H2,1H3,(H,25,28)/t15-,16?,17?,18?,23?/m1/s1. The molecule has 0 radical (unpaired) electrons. The first kappa shape index (κ1) is 21.6. The van der Waals surface area contributed by atoms with Gasteiger partial charge in [0.2, 0.25) is 0 Å². The largest absolute Gasteiger partial charge is 0.453 e. The smallest absolute Gasteiger partial charge is 0.306 e. The van der Waals surface area contributed by atoms with Gasteiger partial charge < -0.3 is 15.4 Å². The van der Waals surface area contributed by atoms with Gasteiger partial charge in [-0.2, -0.15) is 0 Å². The summed E-state index contributed by atoms with van der Waals surface area (Å²) < 4.78 is 5.35. The van der Waals surface area contributed by atoms with Gasteiger partial charge in [-0.15, -0.1) is 0 Å². The summed E-state index contributed by atoms with van der Waals surface area (Å²) in [6.07, 6.45) is 6.87.